The summed E-state index contributed by atoms with van der Waals surface area (Å²) in [5, 5.41) is 6.45. The average Bonchev–Trinajstić information content (AvgIpc) is 2.81. The number of ether oxygens (including phenoxy) is 1. The van der Waals surface area contributed by atoms with Gasteiger partial charge >= 0.3 is 0 Å². The minimum absolute atomic E-state index is 0.0602. The van der Waals surface area contributed by atoms with Crippen LogP contribution in [-0.4, -0.2) is 24.1 Å². The van der Waals surface area contributed by atoms with E-state index in [0.29, 0.717) is 29.7 Å². The second kappa shape index (κ2) is 9.57. The van der Waals surface area contributed by atoms with Crippen LogP contribution in [0.2, 0.25) is 0 Å². The van der Waals surface area contributed by atoms with Crippen LogP contribution in [0.1, 0.15) is 70.4 Å². The molecule has 38 heavy (non-hydrogen) atoms. The van der Waals surface area contributed by atoms with Gasteiger partial charge in [0.15, 0.2) is 18.2 Å². The van der Waals surface area contributed by atoms with Crippen molar-refractivity contribution in [2.45, 2.75) is 66.2 Å². The summed E-state index contributed by atoms with van der Waals surface area (Å²) < 4.78 is 6.08. The van der Waals surface area contributed by atoms with E-state index in [1.807, 2.05) is 55.5 Å². The molecular formula is C32H36N2O4. The van der Waals surface area contributed by atoms with E-state index in [4.69, 9.17) is 4.74 Å². The molecule has 0 spiro atoms. The zero-order valence-electron chi connectivity index (χ0n) is 22.9. The average molecular weight is 513 g/mol. The predicted molar refractivity (Wildman–Crippen MR) is 148 cm³/mol. The van der Waals surface area contributed by atoms with E-state index in [0.717, 1.165) is 41.1 Å². The van der Waals surface area contributed by atoms with Gasteiger partial charge in [0.2, 0.25) is 0 Å². The first-order chi connectivity index (χ1) is 17.9. The van der Waals surface area contributed by atoms with Gasteiger partial charge in [0.1, 0.15) is 5.75 Å². The van der Waals surface area contributed by atoms with Gasteiger partial charge < -0.3 is 15.4 Å². The fourth-order valence-electron chi connectivity index (χ4n) is 6.09. The van der Waals surface area contributed by atoms with E-state index in [1.165, 1.54) is 0 Å². The lowest BCUT2D eigenvalue weighted by molar-refractivity contribution is -0.120. The molecule has 0 aromatic heterocycles. The Labute approximate surface area is 224 Å². The molecule has 198 valence electrons. The van der Waals surface area contributed by atoms with Crippen LogP contribution in [0.5, 0.6) is 5.75 Å². The van der Waals surface area contributed by atoms with Gasteiger partial charge in [-0.25, -0.2) is 0 Å². The second-order valence-corrected chi connectivity index (χ2v) is 12.4. The highest BCUT2D eigenvalue weighted by Crippen LogP contribution is 2.52. The lowest BCUT2D eigenvalue weighted by Gasteiger charge is -2.44. The Bertz CT molecular complexity index is 1340. The molecule has 0 fully saturated rings. The number of amides is 1. The lowest BCUT2D eigenvalue weighted by atomic mass is 9.64. The molecule has 0 radical (unpaired) electrons. The monoisotopic (exact) mass is 512 g/mol. The third-order valence-electron chi connectivity index (χ3n) is 7.73. The number of allylic oxidation sites excluding steroid dienone is 4. The van der Waals surface area contributed by atoms with Crippen molar-refractivity contribution in [3.05, 3.63) is 82.2 Å². The lowest BCUT2D eigenvalue weighted by Crippen LogP contribution is -2.42. The number of para-hydroxylation sites is 2. The quantitative estimate of drug-likeness (QED) is 0.514. The molecule has 5 rings (SSSR count). The number of hydrogen-bond acceptors (Lipinski definition) is 5. The zero-order chi connectivity index (χ0) is 27.2. The summed E-state index contributed by atoms with van der Waals surface area (Å²) in [4.78, 5) is 40.0. The summed E-state index contributed by atoms with van der Waals surface area (Å²) in [7, 11) is 0. The molecule has 0 bridgehead atoms. The summed E-state index contributed by atoms with van der Waals surface area (Å²) in [6.45, 7) is 10.2. The maximum absolute atomic E-state index is 13.6. The van der Waals surface area contributed by atoms with Gasteiger partial charge in [-0.1, -0.05) is 64.1 Å². The van der Waals surface area contributed by atoms with Gasteiger partial charge in [0, 0.05) is 52.6 Å². The number of dihydropyridines is 1. The first-order valence-electron chi connectivity index (χ1n) is 13.3. The van der Waals surface area contributed by atoms with Gasteiger partial charge in [-0.2, -0.15) is 0 Å². The van der Waals surface area contributed by atoms with E-state index in [-0.39, 0.29) is 34.9 Å². The molecule has 0 saturated carbocycles. The minimum atomic E-state index is -0.510. The van der Waals surface area contributed by atoms with Crippen molar-refractivity contribution < 1.29 is 19.1 Å². The van der Waals surface area contributed by atoms with E-state index in [9.17, 15) is 14.4 Å². The van der Waals surface area contributed by atoms with E-state index in [1.54, 1.807) is 0 Å². The predicted octanol–water partition coefficient (Wildman–Crippen LogP) is 5.99. The molecule has 1 heterocycles. The number of Topliss-reactive ketones (excluding diaryl/α,β-unsaturated/α-hetero) is 2. The number of carbonyl (C=O) groups excluding carboxylic acids is 3. The number of nitrogens with one attached hydrogen (secondary N) is 2. The highest BCUT2D eigenvalue weighted by molar-refractivity contribution is 6.07. The molecule has 1 aliphatic heterocycles. The number of carbonyl (C=O) groups is 3. The number of aryl methyl sites for hydroxylation is 1. The fourth-order valence-corrected chi connectivity index (χ4v) is 6.09. The van der Waals surface area contributed by atoms with Crippen LogP contribution in [0.4, 0.5) is 5.69 Å². The van der Waals surface area contributed by atoms with Crippen molar-refractivity contribution >= 4 is 23.2 Å². The third-order valence-corrected chi connectivity index (χ3v) is 7.73. The Balaban J connectivity index is 1.51. The van der Waals surface area contributed by atoms with Crippen molar-refractivity contribution in [2.24, 2.45) is 10.8 Å². The van der Waals surface area contributed by atoms with Crippen molar-refractivity contribution in [3.63, 3.8) is 0 Å². The highest BCUT2D eigenvalue weighted by Gasteiger charge is 2.47. The van der Waals surface area contributed by atoms with Crippen LogP contribution < -0.4 is 15.4 Å². The SMILES string of the molecule is Cc1ccccc1NC(=O)COc1ccccc1C1C2=C(CC(C)(C)CC2=O)NC2=C1C(=O)CC(C)(C)C2. The Morgan fingerprint density at radius 2 is 1.42 bits per heavy atom. The van der Waals surface area contributed by atoms with E-state index in [2.05, 4.69) is 38.3 Å². The van der Waals surface area contributed by atoms with E-state index < -0.39 is 5.92 Å². The van der Waals surface area contributed by atoms with Gasteiger partial charge in [-0.15, -0.1) is 0 Å². The largest absolute Gasteiger partial charge is 0.483 e. The van der Waals surface area contributed by atoms with Crippen molar-refractivity contribution in [1.29, 1.82) is 0 Å². The summed E-state index contributed by atoms with van der Waals surface area (Å²) in [6.07, 6.45) is 2.32. The molecule has 0 atom stereocenters. The summed E-state index contributed by atoms with van der Waals surface area (Å²) in [6, 6.07) is 15.1. The number of rotatable bonds is 5. The first kappa shape index (κ1) is 26.0. The van der Waals surface area contributed by atoms with Crippen LogP contribution >= 0.6 is 0 Å². The van der Waals surface area contributed by atoms with Crippen LogP contribution in [-0.2, 0) is 14.4 Å². The number of ketones is 2. The number of hydrogen-bond donors (Lipinski definition) is 2. The molecule has 0 saturated heterocycles. The summed E-state index contributed by atoms with van der Waals surface area (Å²) in [5.41, 5.74) is 5.27. The van der Waals surface area contributed by atoms with Gasteiger partial charge in [0.05, 0.1) is 0 Å². The molecule has 2 aromatic rings. The Kier molecular flexibility index (Phi) is 6.54. The number of anilines is 1. The topological polar surface area (TPSA) is 84.5 Å². The maximum Gasteiger partial charge on any atom is 0.262 e. The second-order valence-electron chi connectivity index (χ2n) is 12.4. The number of benzene rings is 2. The normalized spacial score (nSPS) is 20.4. The maximum atomic E-state index is 13.6. The summed E-state index contributed by atoms with van der Waals surface area (Å²) >= 11 is 0. The summed E-state index contributed by atoms with van der Waals surface area (Å²) in [5.74, 6) is -0.155. The smallest absolute Gasteiger partial charge is 0.262 e. The Hall–Kier alpha value is -3.67. The highest BCUT2D eigenvalue weighted by atomic mass is 16.5. The molecule has 0 unspecified atom stereocenters. The van der Waals surface area contributed by atoms with Crippen molar-refractivity contribution in [1.82, 2.24) is 5.32 Å². The molecule has 6 heteroatoms. The third kappa shape index (κ3) is 5.04. The van der Waals surface area contributed by atoms with Gasteiger partial charge in [0.25, 0.3) is 5.91 Å². The molecular weight excluding hydrogens is 476 g/mol. The van der Waals surface area contributed by atoms with Gasteiger partial charge in [-0.05, 0) is 48.3 Å². The van der Waals surface area contributed by atoms with Crippen molar-refractivity contribution in [3.8, 4) is 5.75 Å². The fraction of sp³-hybridized carbons (Fsp3) is 0.406. The Morgan fingerprint density at radius 1 is 0.868 bits per heavy atom. The molecule has 2 aromatic carbocycles. The van der Waals surface area contributed by atoms with Gasteiger partial charge in [-0.3, -0.25) is 14.4 Å². The van der Waals surface area contributed by atoms with Crippen LogP contribution in [0.15, 0.2) is 71.1 Å². The minimum Gasteiger partial charge on any atom is -0.483 e. The Morgan fingerprint density at radius 3 is 2.03 bits per heavy atom. The first-order valence-corrected chi connectivity index (χ1v) is 13.3. The molecule has 2 aliphatic carbocycles. The van der Waals surface area contributed by atoms with Crippen LogP contribution in [0, 0.1) is 17.8 Å². The molecule has 6 nitrogen and oxygen atoms in total. The van der Waals surface area contributed by atoms with Crippen LogP contribution in [0.25, 0.3) is 0 Å². The van der Waals surface area contributed by atoms with Crippen LogP contribution in [0.3, 0.4) is 0 Å². The zero-order valence-corrected chi connectivity index (χ0v) is 22.9. The molecule has 2 N–H and O–H groups in total. The molecule has 3 aliphatic rings. The molecule has 1 amide bonds. The van der Waals surface area contributed by atoms with Crippen molar-refractivity contribution in [2.75, 3.05) is 11.9 Å². The standard InChI is InChI=1S/C32H36N2O4/c1-19-10-6-8-12-21(19)34-27(37)18-38-26-13-9-7-11-20(26)28-29-22(14-31(2,3)16-24(29)35)33-23-15-32(4,5)17-25(36)30(23)28/h6-13,28,33H,14-18H2,1-5H3,(H,34,37). The van der Waals surface area contributed by atoms with E-state index >= 15 is 0 Å².